The van der Waals surface area contributed by atoms with E-state index in [0.717, 1.165) is 46.8 Å². The van der Waals surface area contributed by atoms with Crippen LogP contribution in [0.3, 0.4) is 0 Å². The predicted molar refractivity (Wildman–Crippen MR) is 183 cm³/mol. The Bertz CT molecular complexity index is 2050. The van der Waals surface area contributed by atoms with Crippen molar-refractivity contribution in [3.05, 3.63) is 142 Å². The van der Waals surface area contributed by atoms with Crippen LogP contribution >= 0.6 is 0 Å². The van der Waals surface area contributed by atoms with E-state index in [1.54, 1.807) is 0 Å². The molecule has 2 aliphatic heterocycles. The van der Waals surface area contributed by atoms with Crippen molar-refractivity contribution in [3.63, 3.8) is 0 Å². The third-order valence-electron chi connectivity index (χ3n) is 10.0. The van der Waals surface area contributed by atoms with Gasteiger partial charge in [-0.1, -0.05) is 78.9 Å². The molecule has 1 aliphatic carbocycles. The van der Waals surface area contributed by atoms with Crippen LogP contribution in [0.25, 0.3) is 16.6 Å². The lowest BCUT2D eigenvalue weighted by molar-refractivity contribution is -0.116. The van der Waals surface area contributed by atoms with Crippen molar-refractivity contribution < 1.29 is 4.79 Å². The van der Waals surface area contributed by atoms with Crippen molar-refractivity contribution in [2.24, 2.45) is 0 Å². The molecule has 0 fully saturated rings. The van der Waals surface area contributed by atoms with Crippen molar-refractivity contribution in [2.75, 3.05) is 10.2 Å². The molecule has 4 aromatic carbocycles. The lowest BCUT2D eigenvalue weighted by Crippen LogP contribution is -2.44. The van der Waals surface area contributed by atoms with Gasteiger partial charge < -0.3 is 10.2 Å². The number of aryl methyl sites for hydroxylation is 1. The SMILES string of the molecule is CC1=CC(C)(C)N(Cc2ccccc2)c2ccc([C@H]3C4=C(C[C@@H](c5ccccc5C)CC4=O)Nc4nc5ccccc5n43)cc21. The standard InChI is InChI=1S/C40H38N4O/c1-25-12-8-9-15-30(25)29-21-33-37(36(45)22-29)38(44-35-17-11-10-16-32(35)41-39(44)42-33)28-18-19-34-31(20-28)26(2)23-40(3,4)43(34)24-27-13-6-5-7-14-27/h5-20,23,29,38H,21-22,24H2,1-4H3,(H,41,42)/t29-,38+/m1/s1. The number of carbonyl (C=O) groups is 1. The van der Waals surface area contributed by atoms with Gasteiger partial charge in [0.05, 0.1) is 22.6 Å². The maximum Gasteiger partial charge on any atom is 0.209 e. The minimum atomic E-state index is -0.260. The van der Waals surface area contributed by atoms with E-state index in [1.807, 2.05) is 6.07 Å². The smallest absolute Gasteiger partial charge is 0.209 e. The summed E-state index contributed by atoms with van der Waals surface area (Å²) in [4.78, 5) is 21.8. The number of nitrogens with one attached hydrogen (secondary N) is 1. The Morgan fingerprint density at radius 1 is 0.889 bits per heavy atom. The Labute approximate surface area is 264 Å². The fraction of sp³-hybridized carbons (Fsp3) is 0.250. The summed E-state index contributed by atoms with van der Waals surface area (Å²) in [6.45, 7) is 9.76. The molecule has 1 aromatic heterocycles. The molecule has 0 bridgehead atoms. The highest BCUT2D eigenvalue weighted by Gasteiger charge is 2.40. The monoisotopic (exact) mass is 590 g/mol. The Morgan fingerprint density at radius 3 is 2.47 bits per heavy atom. The molecule has 0 spiro atoms. The highest BCUT2D eigenvalue weighted by atomic mass is 16.1. The number of hydrogen-bond donors (Lipinski definition) is 1. The summed E-state index contributed by atoms with van der Waals surface area (Å²) in [5.41, 5.74) is 12.3. The molecule has 0 saturated carbocycles. The van der Waals surface area contributed by atoms with Crippen molar-refractivity contribution in [1.29, 1.82) is 0 Å². The number of fused-ring (bicyclic) bond motifs is 4. The van der Waals surface area contributed by atoms with Gasteiger partial charge in [0.15, 0.2) is 5.78 Å². The topological polar surface area (TPSA) is 50.2 Å². The van der Waals surface area contributed by atoms with Crippen LogP contribution in [0.4, 0.5) is 11.6 Å². The summed E-state index contributed by atoms with van der Waals surface area (Å²) < 4.78 is 2.25. The highest BCUT2D eigenvalue weighted by Crippen LogP contribution is 2.48. The van der Waals surface area contributed by atoms with Gasteiger partial charge in [-0.2, -0.15) is 0 Å². The zero-order valence-corrected chi connectivity index (χ0v) is 26.3. The molecule has 224 valence electrons. The second-order valence-corrected chi connectivity index (χ2v) is 13.4. The van der Waals surface area contributed by atoms with Crippen LogP contribution < -0.4 is 10.2 Å². The van der Waals surface area contributed by atoms with E-state index < -0.39 is 0 Å². The molecule has 1 N–H and O–H groups in total. The van der Waals surface area contributed by atoms with E-state index in [9.17, 15) is 4.79 Å². The molecule has 5 nitrogen and oxygen atoms in total. The predicted octanol–water partition coefficient (Wildman–Crippen LogP) is 8.96. The molecule has 0 saturated heterocycles. The first-order chi connectivity index (χ1) is 21.8. The van der Waals surface area contributed by atoms with E-state index in [0.29, 0.717) is 6.42 Å². The maximum atomic E-state index is 14.3. The molecular weight excluding hydrogens is 552 g/mol. The van der Waals surface area contributed by atoms with Gasteiger partial charge in [0.1, 0.15) is 0 Å². The van der Waals surface area contributed by atoms with E-state index >= 15 is 0 Å². The van der Waals surface area contributed by atoms with Gasteiger partial charge in [-0.15, -0.1) is 0 Å². The average molecular weight is 591 g/mol. The Morgan fingerprint density at radius 2 is 1.64 bits per heavy atom. The summed E-state index contributed by atoms with van der Waals surface area (Å²) in [5, 5.41) is 3.64. The Balaban J connectivity index is 1.28. The number of aromatic nitrogens is 2. The molecule has 8 rings (SSSR count). The van der Waals surface area contributed by atoms with Crippen LogP contribution in [-0.4, -0.2) is 20.9 Å². The van der Waals surface area contributed by atoms with Crippen molar-refractivity contribution in [1.82, 2.24) is 9.55 Å². The normalized spacial score (nSPS) is 20.3. The lowest BCUT2D eigenvalue weighted by atomic mass is 9.76. The van der Waals surface area contributed by atoms with Crippen LogP contribution in [0.1, 0.15) is 73.4 Å². The number of benzene rings is 4. The van der Waals surface area contributed by atoms with Gasteiger partial charge in [-0.25, -0.2) is 4.98 Å². The summed E-state index contributed by atoms with van der Waals surface area (Å²) >= 11 is 0. The Hall–Kier alpha value is -4.90. The molecule has 0 radical (unpaired) electrons. The number of rotatable bonds is 4. The van der Waals surface area contributed by atoms with E-state index in [4.69, 9.17) is 4.98 Å². The fourth-order valence-corrected chi connectivity index (χ4v) is 7.93. The summed E-state index contributed by atoms with van der Waals surface area (Å²) in [5.74, 6) is 1.15. The van der Waals surface area contributed by atoms with Gasteiger partial charge >= 0.3 is 0 Å². The number of Topliss-reactive ketones (excluding diaryl/α,β-unsaturated/α-hetero) is 1. The van der Waals surface area contributed by atoms with E-state index in [-0.39, 0.29) is 23.3 Å². The van der Waals surface area contributed by atoms with Gasteiger partial charge in [-0.3, -0.25) is 9.36 Å². The first-order valence-electron chi connectivity index (χ1n) is 16.0. The number of anilines is 2. The van der Waals surface area contributed by atoms with Crippen molar-refractivity contribution >= 4 is 34.0 Å². The third kappa shape index (κ3) is 4.52. The quantitative estimate of drug-likeness (QED) is 0.227. The fourth-order valence-electron chi connectivity index (χ4n) is 7.93. The van der Waals surface area contributed by atoms with Gasteiger partial charge in [0.2, 0.25) is 5.95 Å². The summed E-state index contributed by atoms with van der Waals surface area (Å²) in [7, 11) is 0. The largest absolute Gasteiger partial charge is 0.358 e. The lowest BCUT2D eigenvalue weighted by Gasteiger charge is -2.44. The Kier molecular flexibility index (Phi) is 6.35. The van der Waals surface area contributed by atoms with Gasteiger partial charge in [-0.05, 0) is 92.1 Å². The van der Waals surface area contributed by atoms with Crippen LogP contribution in [0, 0.1) is 6.92 Å². The molecule has 3 heterocycles. The van der Waals surface area contributed by atoms with Crippen molar-refractivity contribution in [3.8, 4) is 0 Å². The van der Waals surface area contributed by atoms with Crippen molar-refractivity contribution in [2.45, 2.75) is 64.6 Å². The van der Waals surface area contributed by atoms with Crippen LogP contribution in [0.15, 0.2) is 114 Å². The number of hydrogen-bond acceptors (Lipinski definition) is 4. The number of nitrogens with zero attached hydrogens (tertiary/aromatic N) is 3. The second kappa shape index (κ2) is 10.3. The molecular formula is C40H38N4O. The molecule has 0 unspecified atom stereocenters. The molecule has 3 aliphatic rings. The molecule has 5 heteroatoms. The number of allylic oxidation sites excluding steroid dienone is 3. The zero-order chi connectivity index (χ0) is 30.9. The van der Waals surface area contributed by atoms with Gasteiger partial charge in [0.25, 0.3) is 0 Å². The highest BCUT2D eigenvalue weighted by molar-refractivity contribution is 6.01. The van der Waals surface area contributed by atoms with Gasteiger partial charge in [0, 0.05) is 35.5 Å². The first-order valence-corrected chi connectivity index (χ1v) is 16.0. The maximum absolute atomic E-state index is 14.3. The van der Waals surface area contributed by atoms with Crippen LogP contribution in [0.5, 0.6) is 0 Å². The second-order valence-electron chi connectivity index (χ2n) is 13.4. The number of ketones is 1. The number of carbonyl (C=O) groups excluding carboxylic acids is 1. The van der Waals surface area contributed by atoms with Crippen LogP contribution in [-0.2, 0) is 11.3 Å². The minimum absolute atomic E-state index is 0.142. The van der Waals surface area contributed by atoms with E-state index in [2.05, 4.69) is 140 Å². The molecule has 0 amide bonds. The first kappa shape index (κ1) is 27.6. The molecule has 45 heavy (non-hydrogen) atoms. The van der Waals surface area contributed by atoms with Crippen LogP contribution in [0.2, 0.25) is 0 Å². The number of para-hydroxylation sites is 2. The summed E-state index contributed by atoms with van der Waals surface area (Å²) in [6, 6.07) is 34.0. The van der Waals surface area contributed by atoms with E-state index in [1.165, 1.54) is 33.5 Å². The summed E-state index contributed by atoms with van der Waals surface area (Å²) in [6.07, 6.45) is 3.67. The minimum Gasteiger partial charge on any atom is -0.358 e. The molecule has 5 aromatic rings. The zero-order valence-electron chi connectivity index (χ0n) is 26.3. The molecule has 2 atom stereocenters. The number of imidazole rings is 1. The average Bonchev–Trinajstić information content (AvgIpc) is 3.40. The third-order valence-corrected chi connectivity index (χ3v) is 10.0.